The zero-order valence-corrected chi connectivity index (χ0v) is 18.2. The van der Waals surface area contributed by atoms with E-state index in [1.54, 1.807) is 36.4 Å². The van der Waals surface area contributed by atoms with Crippen molar-refractivity contribution in [3.05, 3.63) is 99.4 Å². The molecule has 0 aromatic heterocycles. The minimum atomic E-state index is -0.454. The van der Waals surface area contributed by atoms with Gasteiger partial charge in [-0.1, -0.05) is 59.8 Å². The van der Waals surface area contributed by atoms with Crippen molar-refractivity contribution >= 4 is 57.6 Å². The van der Waals surface area contributed by atoms with Crippen LogP contribution in [0.3, 0.4) is 0 Å². The number of ether oxygens (including phenoxy) is 1. The fraction of sp³-hybridized carbons (Fsp3) is 0.0435. The van der Waals surface area contributed by atoms with Gasteiger partial charge in [-0.3, -0.25) is 9.69 Å². The summed E-state index contributed by atoms with van der Waals surface area (Å²) in [5, 5.41) is 0.276. The fourth-order valence-corrected chi connectivity index (χ4v) is 4.48. The molecule has 1 heterocycles. The lowest BCUT2D eigenvalue weighted by atomic mass is 10.1. The second kappa shape index (κ2) is 9.18. The summed E-state index contributed by atoms with van der Waals surface area (Å²) in [6.07, 6.45) is 1.67. The molecule has 0 spiro atoms. The van der Waals surface area contributed by atoms with E-state index in [0.717, 1.165) is 11.8 Å². The lowest BCUT2D eigenvalue weighted by molar-refractivity contribution is -0.113. The molecule has 1 aliphatic rings. The molecule has 0 radical (unpaired) electrons. The molecule has 0 saturated carbocycles. The number of para-hydroxylation sites is 1. The molecule has 8 heteroatoms. The molecule has 3 aromatic rings. The van der Waals surface area contributed by atoms with Crippen LogP contribution in [0.1, 0.15) is 11.1 Å². The monoisotopic (exact) mass is 473 g/mol. The first-order chi connectivity index (χ1) is 14.9. The molecule has 1 saturated heterocycles. The first kappa shape index (κ1) is 21.5. The molecule has 1 fully saturated rings. The van der Waals surface area contributed by atoms with Crippen LogP contribution in [-0.4, -0.2) is 10.2 Å². The summed E-state index contributed by atoms with van der Waals surface area (Å²) in [5.41, 5.74) is 1.38. The van der Waals surface area contributed by atoms with E-state index in [1.807, 2.05) is 0 Å². The van der Waals surface area contributed by atoms with Crippen molar-refractivity contribution in [1.29, 1.82) is 0 Å². The van der Waals surface area contributed by atoms with Gasteiger partial charge in [0.15, 0.2) is 4.32 Å². The molecule has 1 amide bonds. The average Bonchev–Trinajstić information content (AvgIpc) is 3.02. The van der Waals surface area contributed by atoms with E-state index in [-0.39, 0.29) is 23.1 Å². The van der Waals surface area contributed by atoms with Crippen LogP contribution in [0.5, 0.6) is 5.75 Å². The van der Waals surface area contributed by atoms with Crippen LogP contribution in [0.2, 0.25) is 5.02 Å². The van der Waals surface area contributed by atoms with Gasteiger partial charge in [0.25, 0.3) is 5.91 Å². The minimum Gasteiger partial charge on any atom is -0.488 e. The molecule has 3 aromatic carbocycles. The third-order valence-electron chi connectivity index (χ3n) is 4.52. The second-order valence-corrected chi connectivity index (χ2v) is 8.60. The van der Waals surface area contributed by atoms with E-state index in [0.29, 0.717) is 26.2 Å². The maximum atomic E-state index is 14.0. The Labute approximate surface area is 192 Å². The van der Waals surface area contributed by atoms with Gasteiger partial charge >= 0.3 is 0 Å². The topological polar surface area (TPSA) is 29.5 Å². The summed E-state index contributed by atoms with van der Waals surface area (Å²) in [6.45, 7) is -0.0626. The predicted molar refractivity (Wildman–Crippen MR) is 124 cm³/mol. The quantitative estimate of drug-likeness (QED) is 0.308. The van der Waals surface area contributed by atoms with E-state index in [1.165, 1.54) is 41.3 Å². The van der Waals surface area contributed by atoms with Crippen LogP contribution >= 0.6 is 35.6 Å². The molecule has 0 atom stereocenters. The number of carbonyl (C=O) groups excluding carboxylic acids is 1. The van der Waals surface area contributed by atoms with Crippen molar-refractivity contribution < 1.29 is 18.3 Å². The highest BCUT2D eigenvalue weighted by Gasteiger charge is 2.33. The van der Waals surface area contributed by atoms with Crippen molar-refractivity contribution in [3.8, 4) is 5.75 Å². The molecule has 156 valence electrons. The summed E-state index contributed by atoms with van der Waals surface area (Å²) in [6, 6.07) is 17.1. The first-order valence-electron chi connectivity index (χ1n) is 9.12. The number of nitrogens with zero attached hydrogens (tertiary/aromatic N) is 1. The van der Waals surface area contributed by atoms with Crippen LogP contribution < -0.4 is 9.64 Å². The zero-order chi connectivity index (χ0) is 22.0. The van der Waals surface area contributed by atoms with E-state index in [9.17, 15) is 13.6 Å². The van der Waals surface area contributed by atoms with Crippen molar-refractivity contribution in [2.24, 2.45) is 0 Å². The Morgan fingerprint density at radius 1 is 1.03 bits per heavy atom. The molecule has 31 heavy (non-hydrogen) atoms. The van der Waals surface area contributed by atoms with Crippen LogP contribution in [0.4, 0.5) is 14.5 Å². The molecule has 3 nitrogen and oxygen atoms in total. The van der Waals surface area contributed by atoms with Crippen LogP contribution in [0.15, 0.2) is 71.6 Å². The number of thiocarbonyl (C=S) groups is 1. The number of benzene rings is 3. The molecule has 1 aliphatic heterocycles. The Morgan fingerprint density at radius 2 is 1.77 bits per heavy atom. The van der Waals surface area contributed by atoms with Gasteiger partial charge in [0.2, 0.25) is 0 Å². The number of anilines is 1. The molecular formula is C23H14ClF2NO2S2. The number of hydrogen-bond acceptors (Lipinski definition) is 4. The molecular weight excluding hydrogens is 460 g/mol. The van der Waals surface area contributed by atoms with E-state index >= 15 is 0 Å². The van der Waals surface area contributed by atoms with E-state index in [2.05, 4.69) is 0 Å². The van der Waals surface area contributed by atoms with Crippen molar-refractivity contribution in [2.75, 3.05) is 4.90 Å². The van der Waals surface area contributed by atoms with Crippen LogP contribution in [0.25, 0.3) is 6.08 Å². The van der Waals surface area contributed by atoms with Gasteiger partial charge in [-0.15, -0.1) is 0 Å². The maximum absolute atomic E-state index is 14.0. The van der Waals surface area contributed by atoms with Gasteiger partial charge in [0.1, 0.15) is 24.0 Å². The number of thioether (sulfide) groups is 1. The maximum Gasteiger partial charge on any atom is 0.270 e. The summed E-state index contributed by atoms with van der Waals surface area (Å²) < 4.78 is 33.4. The van der Waals surface area contributed by atoms with Crippen LogP contribution in [0, 0.1) is 11.6 Å². The van der Waals surface area contributed by atoms with Gasteiger partial charge in [0.05, 0.1) is 15.6 Å². The normalized spacial score (nSPS) is 15.1. The molecule has 0 bridgehead atoms. The number of rotatable bonds is 5. The first-order valence-corrected chi connectivity index (χ1v) is 10.7. The minimum absolute atomic E-state index is 0.0626. The Balaban J connectivity index is 1.59. The molecule has 0 N–H and O–H groups in total. The SMILES string of the molecule is O=C1/C(=C\c2ccccc2OCc2c(F)cccc2Cl)SC(=S)N1c1ccc(F)cc1. The zero-order valence-electron chi connectivity index (χ0n) is 15.8. The van der Waals surface area contributed by atoms with Gasteiger partial charge in [-0.05, 0) is 48.5 Å². The second-order valence-electron chi connectivity index (χ2n) is 6.52. The number of carbonyl (C=O) groups is 1. The standard InChI is InChI=1S/C23H14ClF2NO2S2/c24-18-5-3-6-19(26)17(18)13-29-20-7-2-1-4-14(20)12-21-22(28)27(23(30)31-21)16-10-8-15(25)9-11-16/h1-12H,13H2/b21-12+. The third-order valence-corrected chi connectivity index (χ3v) is 6.17. The molecule has 0 aliphatic carbocycles. The summed E-state index contributed by atoms with van der Waals surface area (Å²) >= 11 is 12.6. The number of amides is 1. The Bertz CT molecular complexity index is 1180. The summed E-state index contributed by atoms with van der Waals surface area (Å²) in [4.78, 5) is 14.7. The highest BCUT2D eigenvalue weighted by Crippen LogP contribution is 2.37. The van der Waals surface area contributed by atoms with Crippen molar-refractivity contribution in [3.63, 3.8) is 0 Å². The van der Waals surface area contributed by atoms with E-state index in [4.69, 9.17) is 28.6 Å². The van der Waals surface area contributed by atoms with Crippen molar-refractivity contribution in [2.45, 2.75) is 6.61 Å². The highest BCUT2D eigenvalue weighted by molar-refractivity contribution is 8.27. The van der Waals surface area contributed by atoms with Crippen LogP contribution in [-0.2, 0) is 11.4 Å². The lowest BCUT2D eigenvalue weighted by Gasteiger charge is -2.14. The average molecular weight is 474 g/mol. The Hall–Kier alpha value is -2.74. The van der Waals surface area contributed by atoms with E-state index < -0.39 is 11.6 Å². The number of halogens is 3. The Morgan fingerprint density at radius 3 is 2.52 bits per heavy atom. The van der Waals surface area contributed by atoms with Gasteiger partial charge in [0, 0.05) is 11.1 Å². The Kier molecular flexibility index (Phi) is 6.36. The van der Waals surface area contributed by atoms with Gasteiger partial charge in [-0.2, -0.15) is 0 Å². The van der Waals surface area contributed by atoms with Gasteiger partial charge < -0.3 is 4.74 Å². The third kappa shape index (κ3) is 4.63. The largest absolute Gasteiger partial charge is 0.488 e. The number of hydrogen-bond donors (Lipinski definition) is 0. The predicted octanol–water partition coefficient (Wildman–Crippen LogP) is 6.60. The highest BCUT2D eigenvalue weighted by atomic mass is 35.5. The molecule has 0 unspecified atom stereocenters. The summed E-state index contributed by atoms with van der Waals surface area (Å²) in [5.74, 6) is -0.696. The molecule has 4 rings (SSSR count). The van der Waals surface area contributed by atoms with Crippen molar-refractivity contribution in [1.82, 2.24) is 0 Å². The summed E-state index contributed by atoms with van der Waals surface area (Å²) in [7, 11) is 0. The fourth-order valence-electron chi connectivity index (χ4n) is 2.97. The smallest absolute Gasteiger partial charge is 0.270 e. The lowest BCUT2D eigenvalue weighted by Crippen LogP contribution is -2.27. The van der Waals surface area contributed by atoms with Gasteiger partial charge in [-0.25, -0.2) is 8.78 Å².